The summed E-state index contributed by atoms with van der Waals surface area (Å²) in [4.78, 5) is 35.3. The maximum absolute atomic E-state index is 11.6. The molecule has 1 fully saturated rings. The van der Waals surface area contributed by atoms with E-state index < -0.39 is 11.9 Å². The van der Waals surface area contributed by atoms with Gasteiger partial charge in [0, 0.05) is 29.8 Å². The fourth-order valence-electron chi connectivity index (χ4n) is 2.42. The highest BCUT2D eigenvalue weighted by Gasteiger charge is 2.31. The molecule has 8 heteroatoms. The second-order valence-electron chi connectivity index (χ2n) is 4.88. The van der Waals surface area contributed by atoms with Gasteiger partial charge in [0.2, 0.25) is 0 Å². The zero-order valence-electron chi connectivity index (χ0n) is 12.2. The van der Waals surface area contributed by atoms with Crippen molar-refractivity contribution < 1.29 is 29.4 Å². The summed E-state index contributed by atoms with van der Waals surface area (Å²) in [6.45, 7) is 0. The number of carbonyl (C=O) groups excluding carboxylic acids is 1. The molecule has 2 rings (SSSR count). The SMILES string of the molecule is CONC(=O)C1=CCCC2CCC1N2.O=C(O)C=CC(=O)O. The smallest absolute Gasteiger partial charge is 0.328 e. The highest BCUT2D eigenvalue weighted by atomic mass is 16.6. The molecule has 2 bridgehead atoms. The minimum atomic E-state index is -1.26. The van der Waals surface area contributed by atoms with Crippen molar-refractivity contribution in [3.05, 3.63) is 23.8 Å². The van der Waals surface area contributed by atoms with Crippen LogP contribution in [0.3, 0.4) is 0 Å². The van der Waals surface area contributed by atoms with E-state index in [1.165, 1.54) is 13.5 Å². The van der Waals surface area contributed by atoms with Crippen LogP contribution in [0.1, 0.15) is 25.7 Å². The molecule has 0 aromatic rings. The van der Waals surface area contributed by atoms with E-state index in [-0.39, 0.29) is 11.9 Å². The lowest BCUT2D eigenvalue weighted by atomic mass is 9.99. The number of amides is 1. The molecule has 22 heavy (non-hydrogen) atoms. The van der Waals surface area contributed by atoms with Crippen molar-refractivity contribution in [2.45, 2.75) is 37.8 Å². The van der Waals surface area contributed by atoms with Crippen LogP contribution in [0.15, 0.2) is 23.8 Å². The van der Waals surface area contributed by atoms with Crippen LogP contribution in [-0.2, 0) is 19.2 Å². The van der Waals surface area contributed by atoms with Crippen molar-refractivity contribution in [2.24, 2.45) is 0 Å². The zero-order chi connectivity index (χ0) is 16.5. The van der Waals surface area contributed by atoms with E-state index in [1.54, 1.807) is 0 Å². The number of carbonyl (C=O) groups is 3. The Labute approximate surface area is 127 Å². The van der Waals surface area contributed by atoms with Crippen LogP contribution in [-0.4, -0.2) is 47.3 Å². The topological polar surface area (TPSA) is 125 Å². The van der Waals surface area contributed by atoms with E-state index in [0.717, 1.165) is 24.8 Å². The van der Waals surface area contributed by atoms with Crippen LogP contribution in [0, 0.1) is 0 Å². The zero-order valence-corrected chi connectivity index (χ0v) is 12.2. The lowest BCUT2D eigenvalue weighted by molar-refractivity contribution is -0.134. The van der Waals surface area contributed by atoms with E-state index in [4.69, 9.17) is 10.2 Å². The maximum atomic E-state index is 11.6. The Kier molecular flexibility index (Phi) is 7.27. The maximum Gasteiger partial charge on any atom is 0.328 e. The van der Waals surface area contributed by atoms with Gasteiger partial charge >= 0.3 is 11.9 Å². The number of hydrogen-bond donors (Lipinski definition) is 4. The number of carboxylic acids is 2. The molecule has 8 nitrogen and oxygen atoms in total. The van der Waals surface area contributed by atoms with Gasteiger partial charge in [-0.3, -0.25) is 9.63 Å². The van der Waals surface area contributed by atoms with E-state index in [9.17, 15) is 14.4 Å². The van der Waals surface area contributed by atoms with Crippen LogP contribution in [0.25, 0.3) is 0 Å². The van der Waals surface area contributed by atoms with E-state index in [2.05, 4.69) is 15.6 Å². The molecule has 2 unspecified atom stereocenters. The third-order valence-electron chi connectivity index (χ3n) is 3.32. The van der Waals surface area contributed by atoms with Crippen molar-refractivity contribution in [2.75, 3.05) is 7.11 Å². The van der Waals surface area contributed by atoms with Crippen LogP contribution >= 0.6 is 0 Å². The van der Waals surface area contributed by atoms with Crippen molar-refractivity contribution in [3.63, 3.8) is 0 Å². The summed E-state index contributed by atoms with van der Waals surface area (Å²) in [6, 6.07) is 0.835. The highest BCUT2D eigenvalue weighted by molar-refractivity contribution is 5.94. The lowest BCUT2D eigenvalue weighted by Crippen LogP contribution is -2.35. The number of nitrogens with one attached hydrogen (secondary N) is 2. The molecule has 0 radical (unpaired) electrons. The van der Waals surface area contributed by atoms with E-state index >= 15 is 0 Å². The first kappa shape index (κ1) is 17.9. The summed E-state index contributed by atoms with van der Waals surface area (Å²) < 4.78 is 0. The number of rotatable bonds is 4. The predicted molar refractivity (Wildman–Crippen MR) is 76.8 cm³/mol. The molecule has 2 heterocycles. The first-order valence-electron chi connectivity index (χ1n) is 6.87. The second kappa shape index (κ2) is 8.96. The van der Waals surface area contributed by atoms with Gasteiger partial charge in [-0.25, -0.2) is 15.1 Å². The summed E-state index contributed by atoms with van der Waals surface area (Å²) in [5.41, 5.74) is 3.22. The Balaban J connectivity index is 0.000000261. The molecule has 1 amide bonds. The van der Waals surface area contributed by atoms with Crippen LogP contribution in [0.4, 0.5) is 0 Å². The Morgan fingerprint density at radius 3 is 2.41 bits per heavy atom. The van der Waals surface area contributed by atoms with Gasteiger partial charge in [0.05, 0.1) is 7.11 Å². The quantitative estimate of drug-likeness (QED) is 0.432. The minimum absolute atomic E-state index is 0.104. The fraction of sp³-hybridized carbons (Fsp3) is 0.500. The molecule has 0 saturated carbocycles. The molecule has 1 saturated heterocycles. The molecule has 122 valence electrons. The third kappa shape index (κ3) is 6.06. The lowest BCUT2D eigenvalue weighted by Gasteiger charge is -2.13. The predicted octanol–water partition coefficient (Wildman–Crippen LogP) is 0.217. The molecule has 2 atom stereocenters. The number of hydrogen-bond acceptors (Lipinski definition) is 5. The van der Waals surface area contributed by atoms with Gasteiger partial charge < -0.3 is 15.5 Å². The molecule has 0 aromatic heterocycles. The first-order valence-corrected chi connectivity index (χ1v) is 6.87. The second-order valence-corrected chi connectivity index (χ2v) is 4.88. The molecule has 0 spiro atoms. The van der Waals surface area contributed by atoms with E-state index in [1.807, 2.05) is 6.08 Å². The van der Waals surface area contributed by atoms with Crippen LogP contribution in [0.5, 0.6) is 0 Å². The van der Waals surface area contributed by atoms with Crippen LogP contribution in [0.2, 0.25) is 0 Å². The Bertz CT molecular complexity index is 470. The standard InChI is InChI=1S/C10H16N2O2.C4H4O4/c1-14-12-10(13)8-4-2-3-7-5-6-9(8)11-7;5-3(6)1-2-4(7)8/h4,7,9,11H,2-3,5-6H2,1H3,(H,12,13);1-2H,(H,5,6)(H,7,8). The van der Waals surface area contributed by atoms with Gasteiger partial charge in [-0.2, -0.15) is 0 Å². The monoisotopic (exact) mass is 312 g/mol. The van der Waals surface area contributed by atoms with Gasteiger partial charge in [0.1, 0.15) is 0 Å². The van der Waals surface area contributed by atoms with Gasteiger partial charge in [-0.05, 0) is 25.7 Å². The van der Waals surface area contributed by atoms with Crippen molar-refractivity contribution in [1.82, 2.24) is 10.8 Å². The summed E-state index contributed by atoms with van der Waals surface area (Å²) in [6.07, 6.45) is 7.52. The summed E-state index contributed by atoms with van der Waals surface area (Å²) in [5.74, 6) is -2.62. The van der Waals surface area contributed by atoms with Gasteiger partial charge in [-0.1, -0.05) is 6.08 Å². The molecule has 4 N–H and O–H groups in total. The Morgan fingerprint density at radius 1 is 1.23 bits per heavy atom. The highest BCUT2D eigenvalue weighted by Crippen LogP contribution is 2.25. The van der Waals surface area contributed by atoms with Gasteiger partial charge in [0.15, 0.2) is 0 Å². The minimum Gasteiger partial charge on any atom is -0.478 e. The number of hydroxylamine groups is 1. The summed E-state index contributed by atoms with van der Waals surface area (Å²) >= 11 is 0. The fourth-order valence-corrected chi connectivity index (χ4v) is 2.42. The van der Waals surface area contributed by atoms with Crippen LogP contribution < -0.4 is 10.8 Å². The molecular formula is C14H20N2O6. The summed E-state index contributed by atoms with van der Waals surface area (Å²) in [7, 11) is 1.46. The number of allylic oxidation sites excluding steroid dienone is 1. The largest absolute Gasteiger partial charge is 0.478 e. The molecule has 0 aromatic carbocycles. The van der Waals surface area contributed by atoms with Crippen molar-refractivity contribution >= 4 is 17.8 Å². The van der Waals surface area contributed by atoms with Crippen molar-refractivity contribution in [1.29, 1.82) is 0 Å². The average Bonchev–Trinajstić information content (AvgIpc) is 2.78. The third-order valence-corrected chi connectivity index (χ3v) is 3.32. The van der Waals surface area contributed by atoms with Gasteiger partial charge in [0.25, 0.3) is 5.91 Å². The number of fused-ring (bicyclic) bond motifs is 2. The van der Waals surface area contributed by atoms with Crippen molar-refractivity contribution in [3.8, 4) is 0 Å². The number of carboxylic acid groups (broad SMARTS) is 2. The van der Waals surface area contributed by atoms with E-state index in [0.29, 0.717) is 18.2 Å². The molecule has 2 aliphatic heterocycles. The molecular weight excluding hydrogens is 292 g/mol. The average molecular weight is 312 g/mol. The summed E-state index contributed by atoms with van der Waals surface area (Å²) in [5, 5.41) is 19.1. The number of aliphatic carboxylic acids is 2. The normalized spacial score (nSPS) is 23.0. The molecule has 2 aliphatic rings. The van der Waals surface area contributed by atoms with Gasteiger partial charge in [-0.15, -0.1) is 0 Å². The molecule has 0 aliphatic carbocycles. The Hall–Kier alpha value is -2.19. The first-order chi connectivity index (χ1) is 10.4. The Morgan fingerprint density at radius 2 is 1.86 bits per heavy atom.